The molecule has 0 N–H and O–H groups in total. The first-order valence-electron chi connectivity index (χ1n) is 8.68. The molecule has 0 bridgehead atoms. The number of para-hydroxylation sites is 1. The molecule has 0 spiro atoms. The predicted molar refractivity (Wildman–Crippen MR) is 106 cm³/mol. The monoisotopic (exact) mass is 395 g/mol. The number of furan rings is 1. The van der Waals surface area contributed by atoms with Crippen molar-refractivity contribution in [1.29, 1.82) is 0 Å². The highest BCUT2D eigenvalue weighted by atomic mass is 32.2. The Morgan fingerprint density at radius 3 is 2.64 bits per heavy atom. The van der Waals surface area contributed by atoms with Crippen LogP contribution in [0, 0.1) is 12.7 Å². The van der Waals surface area contributed by atoms with Crippen LogP contribution >= 0.6 is 11.8 Å². The van der Waals surface area contributed by atoms with Gasteiger partial charge in [-0.15, -0.1) is 10.2 Å². The van der Waals surface area contributed by atoms with Gasteiger partial charge in [-0.05, 0) is 43.3 Å². The quantitative estimate of drug-likeness (QED) is 0.416. The van der Waals surface area contributed by atoms with Crippen molar-refractivity contribution in [2.45, 2.75) is 17.8 Å². The Balaban J connectivity index is 1.73. The van der Waals surface area contributed by atoms with Gasteiger partial charge in [0.05, 0.1) is 18.9 Å². The Morgan fingerprint density at radius 1 is 1.11 bits per heavy atom. The second-order valence-corrected chi connectivity index (χ2v) is 7.05. The van der Waals surface area contributed by atoms with E-state index in [1.54, 1.807) is 19.4 Å². The average Bonchev–Trinajstić information content (AvgIpc) is 3.32. The molecule has 7 heteroatoms. The van der Waals surface area contributed by atoms with Crippen molar-refractivity contribution < 1.29 is 13.5 Å². The fraction of sp³-hybridized carbons (Fsp3) is 0.143. The predicted octanol–water partition coefficient (Wildman–Crippen LogP) is 5.28. The van der Waals surface area contributed by atoms with Crippen LogP contribution in [0.15, 0.2) is 70.4 Å². The molecule has 0 amide bonds. The lowest BCUT2D eigenvalue weighted by atomic mass is 10.2. The lowest BCUT2D eigenvalue weighted by Crippen LogP contribution is -2.00. The van der Waals surface area contributed by atoms with Crippen molar-refractivity contribution in [1.82, 2.24) is 14.8 Å². The smallest absolute Gasteiger partial charge is 0.196 e. The van der Waals surface area contributed by atoms with Gasteiger partial charge in [-0.3, -0.25) is 4.57 Å². The zero-order valence-corrected chi connectivity index (χ0v) is 16.2. The molecule has 2 aromatic carbocycles. The molecule has 0 fully saturated rings. The fourth-order valence-electron chi connectivity index (χ4n) is 2.97. The van der Waals surface area contributed by atoms with Gasteiger partial charge in [0.15, 0.2) is 11.0 Å². The molecule has 2 aromatic heterocycles. The Labute approximate surface area is 166 Å². The van der Waals surface area contributed by atoms with E-state index >= 15 is 0 Å². The summed E-state index contributed by atoms with van der Waals surface area (Å²) >= 11 is 1.47. The third-order valence-corrected chi connectivity index (χ3v) is 5.32. The third kappa shape index (κ3) is 3.53. The Hall–Kier alpha value is -3.06. The van der Waals surface area contributed by atoms with Gasteiger partial charge in [-0.25, -0.2) is 4.39 Å². The van der Waals surface area contributed by atoms with E-state index in [9.17, 15) is 4.39 Å². The van der Waals surface area contributed by atoms with Gasteiger partial charge in [-0.2, -0.15) is 0 Å². The van der Waals surface area contributed by atoms with Crippen LogP contribution < -0.4 is 4.74 Å². The number of methoxy groups -OCH3 is 1. The van der Waals surface area contributed by atoms with Gasteiger partial charge in [0.25, 0.3) is 0 Å². The minimum absolute atomic E-state index is 0.296. The number of nitrogens with zero attached hydrogens (tertiary/aromatic N) is 3. The lowest BCUT2D eigenvalue weighted by molar-refractivity contribution is 0.410. The molecule has 4 rings (SSSR count). The summed E-state index contributed by atoms with van der Waals surface area (Å²) in [5, 5.41) is 9.48. The number of halogens is 1. The molecular formula is C21H18FN3O2S. The number of aromatic nitrogens is 3. The highest BCUT2D eigenvalue weighted by Crippen LogP contribution is 2.33. The van der Waals surface area contributed by atoms with Crippen LogP contribution in [-0.4, -0.2) is 21.9 Å². The largest absolute Gasteiger partial charge is 0.496 e. The van der Waals surface area contributed by atoms with E-state index in [-0.39, 0.29) is 5.82 Å². The molecule has 0 radical (unpaired) electrons. The van der Waals surface area contributed by atoms with Crippen LogP contribution in [0.5, 0.6) is 5.75 Å². The first-order chi connectivity index (χ1) is 13.7. The number of rotatable bonds is 6. The zero-order chi connectivity index (χ0) is 19.5. The maximum atomic E-state index is 13.7. The highest BCUT2D eigenvalue weighted by molar-refractivity contribution is 7.98. The summed E-state index contributed by atoms with van der Waals surface area (Å²) in [4.78, 5) is 0. The minimum Gasteiger partial charge on any atom is -0.496 e. The fourth-order valence-corrected chi connectivity index (χ4v) is 3.90. The summed E-state index contributed by atoms with van der Waals surface area (Å²) in [5.41, 5.74) is 2.58. The first-order valence-corrected chi connectivity index (χ1v) is 9.66. The number of ether oxygens (including phenoxy) is 1. The van der Waals surface area contributed by atoms with E-state index in [0.29, 0.717) is 22.5 Å². The van der Waals surface area contributed by atoms with Gasteiger partial charge >= 0.3 is 0 Å². The standard InChI is InChI=1S/C21H18FN3O2S/c1-14-18(10-11-27-14)20-23-24-21(25(20)17-6-4-3-5-7-17)28-13-15-12-16(22)8-9-19(15)26-2/h3-12H,13H2,1-2H3. The maximum absolute atomic E-state index is 13.7. The summed E-state index contributed by atoms with van der Waals surface area (Å²) in [5.74, 6) is 2.32. The van der Waals surface area contributed by atoms with Crippen LogP contribution in [0.4, 0.5) is 4.39 Å². The van der Waals surface area contributed by atoms with Crippen LogP contribution in [0.1, 0.15) is 11.3 Å². The molecule has 0 aliphatic heterocycles. The maximum Gasteiger partial charge on any atom is 0.196 e. The van der Waals surface area contributed by atoms with Gasteiger partial charge in [-0.1, -0.05) is 30.0 Å². The molecule has 28 heavy (non-hydrogen) atoms. The number of aryl methyl sites for hydroxylation is 1. The summed E-state index contributed by atoms with van der Waals surface area (Å²) in [7, 11) is 1.58. The second kappa shape index (κ2) is 7.90. The molecule has 5 nitrogen and oxygen atoms in total. The van der Waals surface area contributed by atoms with E-state index in [2.05, 4.69) is 10.2 Å². The van der Waals surface area contributed by atoms with Gasteiger partial charge < -0.3 is 9.15 Å². The summed E-state index contributed by atoms with van der Waals surface area (Å²) < 4.78 is 26.5. The van der Waals surface area contributed by atoms with Gasteiger partial charge in [0.2, 0.25) is 0 Å². The van der Waals surface area contributed by atoms with Crippen molar-refractivity contribution in [3.8, 4) is 22.8 Å². The molecule has 0 unspecified atom stereocenters. The Kier molecular flexibility index (Phi) is 5.16. The average molecular weight is 395 g/mol. The summed E-state index contributed by atoms with van der Waals surface area (Å²) in [6.07, 6.45) is 1.64. The van der Waals surface area contributed by atoms with Crippen LogP contribution in [0.2, 0.25) is 0 Å². The normalized spacial score (nSPS) is 11.0. The van der Waals surface area contributed by atoms with E-state index in [1.807, 2.05) is 47.9 Å². The number of benzene rings is 2. The first kappa shape index (κ1) is 18.3. The van der Waals surface area contributed by atoms with E-state index < -0.39 is 0 Å². The minimum atomic E-state index is -0.296. The lowest BCUT2D eigenvalue weighted by Gasteiger charge is -2.11. The van der Waals surface area contributed by atoms with Crippen molar-refractivity contribution in [3.63, 3.8) is 0 Å². The molecule has 2 heterocycles. The van der Waals surface area contributed by atoms with E-state index in [0.717, 1.165) is 22.6 Å². The third-order valence-electron chi connectivity index (χ3n) is 4.35. The number of thioether (sulfide) groups is 1. The molecule has 4 aromatic rings. The highest BCUT2D eigenvalue weighted by Gasteiger charge is 2.19. The number of hydrogen-bond donors (Lipinski definition) is 0. The van der Waals surface area contributed by atoms with Crippen LogP contribution in [0.25, 0.3) is 17.1 Å². The van der Waals surface area contributed by atoms with Crippen molar-refractivity contribution in [3.05, 3.63) is 78.0 Å². The summed E-state index contributed by atoms with van der Waals surface area (Å²) in [6.45, 7) is 1.89. The van der Waals surface area contributed by atoms with Gasteiger partial charge in [0, 0.05) is 17.0 Å². The molecule has 142 valence electrons. The molecule has 0 saturated carbocycles. The SMILES string of the molecule is COc1ccc(F)cc1CSc1nnc(-c2ccoc2C)n1-c1ccccc1. The van der Waals surface area contributed by atoms with Gasteiger partial charge in [0.1, 0.15) is 17.3 Å². The zero-order valence-electron chi connectivity index (χ0n) is 15.4. The molecule has 0 aliphatic carbocycles. The van der Waals surface area contributed by atoms with Crippen molar-refractivity contribution >= 4 is 11.8 Å². The molecule has 0 saturated heterocycles. The molecule has 0 atom stereocenters. The van der Waals surface area contributed by atoms with Crippen molar-refractivity contribution in [2.75, 3.05) is 7.11 Å². The second-order valence-electron chi connectivity index (χ2n) is 6.11. The topological polar surface area (TPSA) is 53.1 Å². The van der Waals surface area contributed by atoms with E-state index in [1.165, 1.54) is 23.9 Å². The van der Waals surface area contributed by atoms with Crippen LogP contribution in [0.3, 0.4) is 0 Å². The Bertz CT molecular complexity index is 1090. The van der Waals surface area contributed by atoms with Crippen LogP contribution in [-0.2, 0) is 5.75 Å². The molecular weight excluding hydrogens is 377 g/mol. The number of hydrogen-bond acceptors (Lipinski definition) is 5. The van der Waals surface area contributed by atoms with E-state index in [4.69, 9.17) is 9.15 Å². The van der Waals surface area contributed by atoms with Crippen molar-refractivity contribution in [2.24, 2.45) is 0 Å². The Morgan fingerprint density at radius 2 is 1.93 bits per heavy atom. The molecule has 0 aliphatic rings. The summed E-state index contributed by atoms with van der Waals surface area (Å²) in [6, 6.07) is 16.3.